The maximum absolute atomic E-state index is 11.4. The van der Waals surface area contributed by atoms with Gasteiger partial charge in [0.1, 0.15) is 5.01 Å². The van der Waals surface area contributed by atoms with Gasteiger partial charge >= 0.3 is 0 Å². The lowest BCUT2D eigenvalue weighted by molar-refractivity contribution is -0.119. The third-order valence-corrected chi connectivity index (χ3v) is 5.49. The minimum Gasteiger partial charge on any atom is -0.394 e. The number of carbonyl (C=O) groups is 1. The molecular formula is C17H29N3O2S. The molecule has 0 aliphatic heterocycles. The molecule has 1 aromatic heterocycles. The summed E-state index contributed by atoms with van der Waals surface area (Å²) in [5.74, 6) is 0.575. The average molecular weight is 340 g/mol. The highest BCUT2D eigenvalue weighted by Gasteiger charge is 2.42. The van der Waals surface area contributed by atoms with Gasteiger partial charge in [0, 0.05) is 24.5 Å². The maximum atomic E-state index is 11.4. The summed E-state index contributed by atoms with van der Waals surface area (Å²) in [5, 5.41) is 19.0. The number of nitrogens with one attached hydrogen (secondary N) is 2. The molecule has 6 heteroatoms. The van der Waals surface area contributed by atoms with E-state index >= 15 is 0 Å². The number of amides is 1. The smallest absolute Gasteiger partial charge is 0.226 e. The van der Waals surface area contributed by atoms with Crippen LogP contribution in [0, 0.1) is 11.3 Å². The van der Waals surface area contributed by atoms with Crippen LogP contribution in [0.3, 0.4) is 0 Å². The molecule has 1 aliphatic carbocycles. The molecular weight excluding hydrogens is 310 g/mol. The van der Waals surface area contributed by atoms with Gasteiger partial charge in [-0.05, 0) is 30.6 Å². The molecule has 1 fully saturated rings. The van der Waals surface area contributed by atoms with Gasteiger partial charge in [0.15, 0.2) is 0 Å². The molecule has 2 unspecified atom stereocenters. The fourth-order valence-corrected chi connectivity index (χ4v) is 4.86. The molecule has 1 aromatic rings. The van der Waals surface area contributed by atoms with Crippen molar-refractivity contribution in [3.63, 3.8) is 0 Å². The van der Waals surface area contributed by atoms with E-state index in [9.17, 15) is 9.90 Å². The summed E-state index contributed by atoms with van der Waals surface area (Å²) in [4.78, 5) is 15.9. The van der Waals surface area contributed by atoms with Gasteiger partial charge in [-0.15, -0.1) is 11.3 Å². The molecule has 23 heavy (non-hydrogen) atoms. The molecule has 130 valence electrons. The zero-order chi connectivity index (χ0) is 17.1. The normalized spacial score (nSPS) is 26.9. The lowest BCUT2D eigenvalue weighted by Crippen LogP contribution is -2.54. The zero-order valence-electron chi connectivity index (χ0n) is 14.6. The van der Waals surface area contributed by atoms with Crippen LogP contribution in [0.5, 0.6) is 0 Å². The molecule has 1 heterocycles. The van der Waals surface area contributed by atoms with Crippen molar-refractivity contribution >= 4 is 17.2 Å². The average Bonchev–Trinajstić information content (AvgIpc) is 2.90. The Hall–Kier alpha value is -0.980. The van der Waals surface area contributed by atoms with E-state index in [1.54, 1.807) is 7.05 Å². The molecule has 1 amide bonds. The summed E-state index contributed by atoms with van der Waals surface area (Å²) in [7, 11) is 1.63. The van der Waals surface area contributed by atoms with E-state index in [0.717, 1.165) is 23.5 Å². The monoisotopic (exact) mass is 339 g/mol. The standard InChI is InChI=1S/C17H29N3O2S/c1-12-6-16(2,3)10-17(7-12,11-21)19-8-13-9-23-15(20-13)5-14(22)18-4/h9,12,19,21H,5-8,10-11H2,1-4H3,(H,18,22). The van der Waals surface area contributed by atoms with Crippen LogP contribution in [0.2, 0.25) is 0 Å². The Bertz CT molecular complexity index is 544. The van der Waals surface area contributed by atoms with Crippen LogP contribution in [0.25, 0.3) is 0 Å². The topological polar surface area (TPSA) is 74.2 Å². The summed E-state index contributed by atoms with van der Waals surface area (Å²) in [6, 6.07) is 0. The summed E-state index contributed by atoms with van der Waals surface area (Å²) in [5.41, 5.74) is 0.948. The molecule has 0 saturated heterocycles. The van der Waals surface area contributed by atoms with Crippen LogP contribution in [-0.2, 0) is 17.8 Å². The molecule has 3 N–H and O–H groups in total. The van der Waals surface area contributed by atoms with E-state index in [-0.39, 0.29) is 23.5 Å². The highest BCUT2D eigenvalue weighted by atomic mass is 32.1. The maximum Gasteiger partial charge on any atom is 0.226 e. The van der Waals surface area contributed by atoms with Gasteiger partial charge in [0.2, 0.25) is 5.91 Å². The third-order valence-electron chi connectivity index (χ3n) is 4.59. The molecule has 0 aromatic carbocycles. The minimum atomic E-state index is -0.230. The van der Waals surface area contributed by atoms with Crippen molar-refractivity contribution in [2.24, 2.45) is 11.3 Å². The summed E-state index contributed by atoms with van der Waals surface area (Å²) < 4.78 is 0. The Balaban J connectivity index is 1.99. The molecule has 0 spiro atoms. The second-order valence-electron chi connectivity index (χ2n) is 7.73. The Labute approximate surface area is 142 Å². The van der Waals surface area contributed by atoms with E-state index in [4.69, 9.17) is 0 Å². The number of hydrogen-bond donors (Lipinski definition) is 3. The van der Waals surface area contributed by atoms with Crippen LogP contribution in [0.15, 0.2) is 5.38 Å². The Kier molecular flexibility index (Phi) is 5.81. The number of hydrogen-bond acceptors (Lipinski definition) is 5. The minimum absolute atomic E-state index is 0.0199. The predicted octanol–water partition coefficient (Wildman–Crippen LogP) is 2.10. The second-order valence-corrected chi connectivity index (χ2v) is 8.67. The van der Waals surface area contributed by atoms with E-state index in [1.807, 2.05) is 5.38 Å². The number of nitrogens with zero attached hydrogens (tertiary/aromatic N) is 1. The first-order valence-electron chi connectivity index (χ1n) is 8.27. The van der Waals surface area contributed by atoms with Gasteiger partial charge in [-0.2, -0.15) is 0 Å². The number of likely N-dealkylation sites (N-methyl/N-ethyl adjacent to an activating group) is 1. The largest absolute Gasteiger partial charge is 0.394 e. The molecule has 2 atom stereocenters. The second kappa shape index (κ2) is 7.28. The van der Waals surface area contributed by atoms with Crippen LogP contribution in [0.4, 0.5) is 0 Å². The van der Waals surface area contributed by atoms with E-state index in [2.05, 4.69) is 36.4 Å². The van der Waals surface area contributed by atoms with Crippen molar-refractivity contribution in [2.75, 3.05) is 13.7 Å². The first-order chi connectivity index (χ1) is 10.8. The van der Waals surface area contributed by atoms with Crippen LogP contribution >= 0.6 is 11.3 Å². The van der Waals surface area contributed by atoms with Gasteiger partial charge in [-0.3, -0.25) is 4.79 Å². The van der Waals surface area contributed by atoms with Crippen LogP contribution < -0.4 is 10.6 Å². The van der Waals surface area contributed by atoms with Crippen molar-refractivity contribution in [2.45, 2.75) is 58.5 Å². The highest BCUT2D eigenvalue weighted by molar-refractivity contribution is 7.09. The molecule has 5 nitrogen and oxygen atoms in total. The predicted molar refractivity (Wildman–Crippen MR) is 93.3 cm³/mol. The molecule has 1 saturated carbocycles. The van der Waals surface area contributed by atoms with Crippen LogP contribution in [-0.4, -0.2) is 35.2 Å². The fourth-order valence-electron chi connectivity index (χ4n) is 4.07. The fraction of sp³-hybridized carbons (Fsp3) is 0.765. The van der Waals surface area contributed by atoms with Crippen LogP contribution in [0.1, 0.15) is 50.7 Å². The first kappa shape index (κ1) is 18.4. The Morgan fingerprint density at radius 3 is 2.83 bits per heavy atom. The van der Waals surface area contributed by atoms with E-state index < -0.39 is 0 Å². The number of aromatic nitrogens is 1. The van der Waals surface area contributed by atoms with Crippen molar-refractivity contribution in [3.05, 3.63) is 16.1 Å². The summed E-state index contributed by atoms with van der Waals surface area (Å²) >= 11 is 1.51. The van der Waals surface area contributed by atoms with Gasteiger partial charge in [0.05, 0.1) is 18.7 Å². The quantitative estimate of drug-likeness (QED) is 0.742. The number of aliphatic hydroxyl groups is 1. The van der Waals surface area contributed by atoms with Gasteiger partial charge < -0.3 is 15.7 Å². The third kappa shape index (κ3) is 4.99. The van der Waals surface area contributed by atoms with Crippen molar-refractivity contribution < 1.29 is 9.90 Å². The molecule has 0 bridgehead atoms. The molecule has 1 aliphatic rings. The number of carbonyl (C=O) groups excluding carboxylic acids is 1. The number of thiazole rings is 1. The Morgan fingerprint density at radius 2 is 2.22 bits per heavy atom. The van der Waals surface area contributed by atoms with Gasteiger partial charge in [-0.25, -0.2) is 4.98 Å². The van der Waals surface area contributed by atoms with Crippen molar-refractivity contribution in [1.29, 1.82) is 0 Å². The summed E-state index contributed by atoms with van der Waals surface area (Å²) in [6.45, 7) is 7.60. The van der Waals surface area contributed by atoms with E-state index in [0.29, 0.717) is 18.9 Å². The van der Waals surface area contributed by atoms with E-state index in [1.165, 1.54) is 17.8 Å². The molecule has 0 radical (unpaired) electrons. The SMILES string of the molecule is CNC(=O)Cc1nc(CNC2(CO)CC(C)CC(C)(C)C2)cs1. The van der Waals surface area contributed by atoms with Gasteiger partial charge in [-0.1, -0.05) is 20.8 Å². The van der Waals surface area contributed by atoms with Crippen molar-refractivity contribution in [3.8, 4) is 0 Å². The number of aliphatic hydroxyl groups excluding tert-OH is 1. The first-order valence-corrected chi connectivity index (χ1v) is 9.15. The zero-order valence-corrected chi connectivity index (χ0v) is 15.4. The lowest BCUT2D eigenvalue weighted by Gasteiger charge is -2.47. The Morgan fingerprint density at radius 1 is 1.48 bits per heavy atom. The van der Waals surface area contributed by atoms with Gasteiger partial charge in [0.25, 0.3) is 0 Å². The molecule has 2 rings (SSSR count). The lowest BCUT2D eigenvalue weighted by atomic mass is 9.64. The number of rotatable bonds is 6. The summed E-state index contributed by atoms with van der Waals surface area (Å²) in [6.07, 6.45) is 3.48. The van der Waals surface area contributed by atoms with Crippen molar-refractivity contribution in [1.82, 2.24) is 15.6 Å². The highest BCUT2D eigenvalue weighted by Crippen LogP contribution is 2.43.